The van der Waals surface area contributed by atoms with Crippen LogP contribution in [0.2, 0.25) is 0 Å². The highest BCUT2D eigenvalue weighted by molar-refractivity contribution is 9.10. The van der Waals surface area contributed by atoms with Crippen LogP contribution in [0, 0.1) is 13.8 Å². The molecule has 0 saturated carbocycles. The maximum Gasteiger partial charge on any atom is 0.140 e. The van der Waals surface area contributed by atoms with Crippen molar-refractivity contribution in [2.45, 2.75) is 19.9 Å². The van der Waals surface area contributed by atoms with Crippen LogP contribution in [-0.2, 0) is 0 Å². The number of hydrazine groups is 1. The molecule has 0 aliphatic heterocycles. The fourth-order valence-corrected chi connectivity index (χ4v) is 2.32. The van der Waals surface area contributed by atoms with Crippen LogP contribution >= 0.6 is 15.9 Å². The normalized spacial score (nSPS) is 12.7. The Balaban J connectivity index is 2.49. The standard InChI is InChI=1S/C13H15BrN2O/c1-8-3-4-9(2)10(7-8)12(16-15)13-11(14)5-6-17-13/h3-7,12,16H,15H2,1-2H3. The van der Waals surface area contributed by atoms with Gasteiger partial charge in [-0.2, -0.15) is 0 Å². The minimum Gasteiger partial charge on any atom is -0.466 e. The predicted octanol–water partition coefficient (Wildman–Crippen LogP) is 3.21. The van der Waals surface area contributed by atoms with Gasteiger partial charge in [0.05, 0.1) is 10.7 Å². The fourth-order valence-electron chi connectivity index (χ4n) is 1.89. The average Bonchev–Trinajstić information content (AvgIpc) is 2.71. The van der Waals surface area contributed by atoms with Gasteiger partial charge >= 0.3 is 0 Å². The molecule has 2 rings (SSSR count). The van der Waals surface area contributed by atoms with Crippen molar-refractivity contribution in [2.75, 3.05) is 0 Å². The van der Waals surface area contributed by atoms with Crippen molar-refractivity contribution < 1.29 is 4.42 Å². The Kier molecular flexibility index (Phi) is 3.66. The van der Waals surface area contributed by atoms with Gasteiger partial charge in [-0.05, 0) is 47.0 Å². The number of hydrogen-bond donors (Lipinski definition) is 2. The Morgan fingerprint density at radius 2 is 2.06 bits per heavy atom. The summed E-state index contributed by atoms with van der Waals surface area (Å²) >= 11 is 3.46. The minimum atomic E-state index is -0.140. The summed E-state index contributed by atoms with van der Waals surface area (Å²) < 4.78 is 6.40. The van der Waals surface area contributed by atoms with Gasteiger partial charge in [-0.3, -0.25) is 5.84 Å². The third-order valence-electron chi connectivity index (χ3n) is 2.82. The monoisotopic (exact) mass is 294 g/mol. The quantitative estimate of drug-likeness (QED) is 0.675. The minimum absolute atomic E-state index is 0.140. The molecule has 0 saturated heterocycles. The Morgan fingerprint density at radius 3 is 2.65 bits per heavy atom. The van der Waals surface area contributed by atoms with E-state index in [0.29, 0.717) is 0 Å². The van der Waals surface area contributed by atoms with Crippen molar-refractivity contribution in [3.63, 3.8) is 0 Å². The molecule has 2 aromatic rings. The molecule has 1 unspecified atom stereocenters. The zero-order valence-corrected chi connectivity index (χ0v) is 11.4. The Morgan fingerprint density at radius 1 is 1.29 bits per heavy atom. The van der Waals surface area contributed by atoms with E-state index in [1.54, 1.807) is 6.26 Å². The number of benzene rings is 1. The van der Waals surface area contributed by atoms with Crippen molar-refractivity contribution in [3.05, 3.63) is 57.5 Å². The van der Waals surface area contributed by atoms with Crippen LogP contribution in [0.15, 0.2) is 39.4 Å². The number of hydrogen-bond acceptors (Lipinski definition) is 3. The number of aryl methyl sites for hydroxylation is 2. The van der Waals surface area contributed by atoms with Gasteiger partial charge in [-0.25, -0.2) is 5.43 Å². The van der Waals surface area contributed by atoms with Gasteiger partial charge in [0.25, 0.3) is 0 Å². The molecule has 3 N–H and O–H groups in total. The molecule has 17 heavy (non-hydrogen) atoms. The molecule has 4 heteroatoms. The molecule has 0 radical (unpaired) electrons. The van der Waals surface area contributed by atoms with Gasteiger partial charge in [0.1, 0.15) is 11.8 Å². The number of nitrogens with two attached hydrogens (primary N) is 1. The number of nitrogens with one attached hydrogen (secondary N) is 1. The van der Waals surface area contributed by atoms with Gasteiger partial charge in [0.15, 0.2) is 0 Å². The first kappa shape index (κ1) is 12.4. The van der Waals surface area contributed by atoms with E-state index in [-0.39, 0.29) is 6.04 Å². The zero-order chi connectivity index (χ0) is 12.4. The lowest BCUT2D eigenvalue weighted by atomic mass is 9.98. The molecule has 1 aromatic carbocycles. The van der Waals surface area contributed by atoms with Crippen LogP contribution < -0.4 is 11.3 Å². The fraction of sp³-hybridized carbons (Fsp3) is 0.231. The summed E-state index contributed by atoms with van der Waals surface area (Å²) in [5.74, 6) is 6.45. The van der Waals surface area contributed by atoms with Crippen LogP contribution in [-0.4, -0.2) is 0 Å². The van der Waals surface area contributed by atoms with E-state index < -0.39 is 0 Å². The van der Waals surface area contributed by atoms with Gasteiger partial charge < -0.3 is 4.42 Å². The number of rotatable bonds is 3. The lowest BCUT2D eigenvalue weighted by molar-refractivity contribution is 0.449. The summed E-state index contributed by atoms with van der Waals surface area (Å²) in [6.45, 7) is 4.13. The topological polar surface area (TPSA) is 51.2 Å². The third-order valence-corrected chi connectivity index (χ3v) is 3.47. The highest BCUT2D eigenvalue weighted by Gasteiger charge is 2.20. The first-order chi connectivity index (χ1) is 8.13. The van der Waals surface area contributed by atoms with E-state index in [1.807, 2.05) is 6.07 Å². The summed E-state index contributed by atoms with van der Waals surface area (Å²) in [4.78, 5) is 0. The zero-order valence-electron chi connectivity index (χ0n) is 9.83. The first-order valence-electron chi connectivity index (χ1n) is 5.39. The smallest absolute Gasteiger partial charge is 0.140 e. The molecule has 0 bridgehead atoms. The van der Waals surface area contributed by atoms with E-state index in [1.165, 1.54) is 11.1 Å². The van der Waals surface area contributed by atoms with Crippen molar-refractivity contribution in [3.8, 4) is 0 Å². The number of halogens is 1. The van der Waals surface area contributed by atoms with E-state index >= 15 is 0 Å². The average molecular weight is 295 g/mol. The molecular weight excluding hydrogens is 280 g/mol. The molecule has 0 fully saturated rings. The van der Waals surface area contributed by atoms with Crippen LogP contribution in [0.3, 0.4) is 0 Å². The van der Waals surface area contributed by atoms with E-state index in [9.17, 15) is 0 Å². The molecule has 1 aromatic heterocycles. The first-order valence-corrected chi connectivity index (χ1v) is 6.19. The van der Waals surface area contributed by atoms with Gasteiger partial charge in [0.2, 0.25) is 0 Å². The molecule has 90 valence electrons. The van der Waals surface area contributed by atoms with Crippen LogP contribution in [0.4, 0.5) is 0 Å². The second-order valence-corrected chi connectivity index (χ2v) is 4.95. The molecule has 0 aliphatic carbocycles. The summed E-state index contributed by atoms with van der Waals surface area (Å²) in [6, 6.07) is 8.02. The van der Waals surface area contributed by atoms with Gasteiger partial charge in [-0.1, -0.05) is 23.8 Å². The van der Waals surface area contributed by atoms with Crippen molar-refractivity contribution in [2.24, 2.45) is 5.84 Å². The second kappa shape index (κ2) is 5.04. The Hall–Kier alpha value is -1.10. The molecule has 0 aliphatic rings. The molecular formula is C13H15BrN2O. The van der Waals surface area contributed by atoms with E-state index in [2.05, 4.69) is 53.4 Å². The van der Waals surface area contributed by atoms with Crippen LogP contribution in [0.5, 0.6) is 0 Å². The van der Waals surface area contributed by atoms with Crippen molar-refractivity contribution >= 4 is 15.9 Å². The lowest BCUT2D eigenvalue weighted by Crippen LogP contribution is -2.29. The summed E-state index contributed by atoms with van der Waals surface area (Å²) in [5.41, 5.74) is 6.32. The third kappa shape index (κ3) is 2.44. The van der Waals surface area contributed by atoms with Crippen molar-refractivity contribution in [1.29, 1.82) is 0 Å². The van der Waals surface area contributed by atoms with E-state index in [0.717, 1.165) is 15.8 Å². The summed E-state index contributed by atoms with van der Waals surface area (Å²) in [5, 5.41) is 0. The largest absolute Gasteiger partial charge is 0.466 e. The molecule has 0 amide bonds. The Bertz CT molecular complexity index is 522. The van der Waals surface area contributed by atoms with Gasteiger partial charge in [-0.15, -0.1) is 0 Å². The van der Waals surface area contributed by atoms with Gasteiger partial charge in [0, 0.05) is 0 Å². The van der Waals surface area contributed by atoms with E-state index in [4.69, 9.17) is 10.3 Å². The predicted molar refractivity (Wildman–Crippen MR) is 71.5 cm³/mol. The molecule has 1 atom stereocenters. The molecule has 0 spiro atoms. The highest BCUT2D eigenvalue weighted by atomic mass is 79.9. The molecule has 1 heterocycles. The molecule has 3 nitrogen and oxygen atoms in total. The lowest BCUT2D eigenvalue weighted by Gasteiger charge is -2.17. The SMILES string of the molecule is Cc1ccc(C)c(C(NN)c2occc2Br)c1. The maximum atomic E-state index is 5.65. The van der Waals surface area contributed by atoms with Crippen molar-refractivity contribution in [1.82, 2.24) is 5.43 Å². The summed E-state index contributed by atoms with van der Waals surface area (Å²) in [7, 11) is 0. The second-order valence-electron chi connectivity index (χ2n) is 4.09. The number of furan rings is 1. The van der Waals surface area contributed by atoms with Crippen LogP contribution in [0.1, 0.15) is 28.5 Å². The maximum absolute atomic E-state index is 5.65. The highest BCUT2D eigenvalue weighted by Crippen LogP contribution is 2.31. The Labute approximate surface area is 109 Å². The van der Waals surface area contributed by atoms with Crippen LogP contribution in [0.25, 0.3) is 0 Å². The summed E-state index contributed by atoms with van der Waals surface area (Å²) in [6.07, 6.45) is 1.65.